The molecule has 0 aliphatic rings. The first kappa shape index (κ1) is 19.7. The SMILES string of the molecule is Cc1cccc(Nc2nnc(SCC(=O)NCCc3cccc(Cl)c3)s2)c1. The Balaban J connectivity index is 1.40. The summed E-state index contributed by atoms with van der Waals surface area (Å²) in [5.41, 5.74) is 3.25. The number of rotatable bonds is 8. The third kappa shape index (κ3) is 6.53. The summed E-state index contributed by atoms with van der Waals surface area (Å²) >= 11 is 8.77. The van der Waals surface area contributed by atoms with Crippen molar-refractivity contribution in [1.29, 1.82) is 0 Å². The van der Waals surface area contributed by atoms with Gasteiger partial charge < -0.3 is 10.6 Å². The molecule has 3 aromatic rings. The van der Waals surface area contributed by atoms with Crippen LogP contribution in [0.25, 0.3) is 0 Å². The van der Waals surface area contributed by atoms with Gasteiger partial charge in [0.15, 0.2) is 4.34 Å². The Kier molecular flexibility index (Phi) is 7.09. The van der Waals surface area contributed by atoms with E-state index in [2.05, 4.69) is 20.8 Å². The number of halogens is 1. The summed E-state index contributed by atoms with van der Waals surface area (Å²) in [6.07, 6.45) is 0.750. The highest BCUT2D eigenvalue weighted by Gasteiger charge is 2.08. The number of hydrogen-bond acceptors (Lipinski definition) is 6. The van der Waals surface area contributed by atoms with Crippen LogP contribution in [0.4, 0.5) is 10.8 Å². The van der Waals surface area contributed by atoms with E-state index in [1.54, 1.807) is 0 Å². The van der Waals surface area contributed by atoms with Gasteiger partial charge in [0.1, 0.15) is 0 Å². The molecule has 8 heteroatoms. The van der Waals surface area contributed by atoms with Gasteiger partial charge in [0.25, 0.3) is 0 Å². The molecule has 0 saturated heterocycles. The van der Waals surface area contributed by atoms with Crippen LogP contribution in [-0.2, 0) is 11.2 Å². The van der Waals surface area contributed by atoms with E-state index in [4.69, 9.17) is 11.6 Å². The molecular formula is C19H19ClN4OS2. The molecule has 0 unspecified atom stereocenters. The maximum absolute atomic E-state index is 12.0. The summed E-state index contributed by atoms with van der Waals surface area (Å²) in [5, 5.41) is 15.8. The van der Waals surface area contributed by atoms with Crippen molar-refractivity contribution in [2.75, 3.05) is 17.6 Å². The van der Waals surface area contributed by atoms with E-state index in [1.807, 2.05) is 55.5 Å². The molecule has 0 saturated carbocycles. The van der Waals surface area contributed by atoms with Gasteiger partial charge in [0, 0.05) is 17.3 Å². The third-order valence-electron chi connectivity index (χ3n) is 3.63. The van der Waals surface area contributed by atoms with Crippen molar-refractivity contribution in [3.8, 4) is 0 Å². The van der Waals surface area contributed by atoms with Crippen molar-refractivity contribution in [2.24, 2.45) is 0 Å². The van der Waals surface area contributed by atoms with Crippen molar-refractivity contribution in [1.82, 2.24) is 15.5 Å². The molecule has 3 rings (SSSR count). The second kappa shape index (κ2) is 9.73. The molecule has 0 spiro atoms. The van der Waals surface area contributed by atoms with Crippen molar-refractivity contribution in [3.05, 3.63) is 64.7 Å². The minimum Gasteiger partial charge on any atom is -0.355 e. The predicted molar refractivity (Wildman–Crippen MR) is 113 cm³/mol. The molecule has 1 amide bonds. The number of nitrogens with zero attached hydrogens (tertiary/aromatic N) is 2. The molecule has 1 aromatic heterocycles. The largest absolute Gasteiger partial charge is 0.355 e. The lowest BCUT2D eigenvalue weighted by Gasteiger charge is -2.05. The van der Waals surface area contributed by atoms with Crippen LogP contribution in [0.2, 0.25) is 5.02 Å². The number of hydrogen-bond donors (Lipinski definition) is 2. The number of carbonyl (C=O) groups is 1. The van der Waals surface area contributed by atoms with Crippen molar-refractivity contribution in [2.45, 2.75) is 17.7 Å². The van der Waals surface area contributed by atoms with E-state index in [9.17, 15) is 4.79 Å². The predicted octanol–water partition coefficient (Wildman–Crippen LogP) is 4.69. The third-order valence-corrected chi connectivity index (χ3v) is 5.83. The number of thioether (sulfide) groups is 1. The van der Waals surface area contributed by atoms with E-state index in [-0.39, 0.29) is 5.91 Å². The Morgan fingerprint density at radius 3 is 2.85 bits per heavy atom. The highest BCUT2D eigenvalue weighted by molar-refractivity contribution is 8.01. The maximum Gasteiger partial charge on any atom is 0.230 e. The van der Waals surface area contributed by atoms with Gasteiger partial charge in [-0.1, -0.05) is 59.0 Å². The van der Waals surface area contributed by atoms with Crippen LogP contribution >= 0.6 is 34.7 Å². The fourth-order valence-electron chi connectivity index (χ4n) is 2.38. The summed E-state index contributed by atoms with van der Waals surface area (Å²) in [5.74, 6) is 0.291. The van der Waals surface area contributed by atoms with E-state index in [1.165, 1.54) is 28.7 Å². The molecule has 0 aliphatic carbocycles. The van der Waals surface area contributed by atoms with Crippen molar-refractivity contribution < 1.29 is 4.79 Å². The van der Waals surface area contributed by atoms with Crippen LogP contribution in [0.1, 0.15) is 11.1 Å². The van der Waals surface area contributed by atoms with Crippen LogP contribution in [0.5, 0.6) is 0 Å². The zero-order valence-corrected chi connectivity index (χ0v) is 17.1. The zero-order valence-electron chi connectivity index (χ0n) is 14.7. The molecule has 0 radical (unpaired) electrons. The van der Waals surface area contributed by atoms with Crippen LogP contribution in [-0.4, -0.2) is 28.4 Å². The van der Waals surface area contributed by atoms with Crippen LogP contribution in [0, 0.1) is 6.92 Å². The van der Waals surface area contributed by atoms with Gasteiger partial charge in [-0.25, -0.2) is 0 Å². The van der Waals surface area contributed by atoms with Gasteiger partial charge in [-0.05, 0) is 48.7 Å². The zero-order chi connectivity index (χ0) is 19.1. The Labute approximate surface area is 171 Å². The first-order valence-electron chi connectivity index (χ1n) is 8.39. The molecule has 27 heavy (non-hydrogen) atoms. The number of aryl methyl sites for hydroxylation is 1. The molecule has 2 N–H and O–H groups in total. The number of benzene rings is 2. The quantitative estimate of drug-likeness (QED) is 0.519. The highest BCUT2D eigenvalue weighted by atomic mass is 35.5. The minimum atomic E-state index is -0.0228. The van der Waals surface area contributed by atoms with E-state index in [0.717, 1.165) is 22.0 Å². The molecule has 0 aliphatic heterocycles. The van der Waals surface area contributed by atoms with Gasteiger partial charge >= 0.3 is 0 Å². The monoisotopic (exact) mass is 418 g/mol. The summed E-state index contributed by atoms with van der Waals surface area (Å²) in [6.45, 7) is 2.62. The molecule has 1 heterocycles. The molecule has 0 fully saturated rings. The Morgan fingerprint density at radius 1 is 1.19 bits per heavy atom. The summed E-state index contributed by atoms with van der Waals surface area (Å²) < 4.78 is 0.759. The highest BCUT2D eigenvalue weighted by Crippen LogP contribution is 2.27. The number of amides is 1. The van der Waals surface area contributed by atoms with Crippen molar-refractivity contribution >= 4 is 51.4 Å². The first-order chi connectivity index (χ1) is 13.1. The number of aromatic nitrogens is 2. The second-order valence-electron chi connectivity index (χ2n) is 5.89. The molecule has 0 atom stereocenters. The molecule has 5 nitrogen and oxygen atoms in total. The summed E-state index contributed by atoms with van der Waals surface area (Å²) in [6, 6.07) is 15.7. The summed E-state index contributed by atoms with van der Waals surface area (Å²) in [4.78, 5) is 12.0. The number of anilines is 2. The lowest BCUT2D eigenvalue weighted by molar-refractivity contribution is -0.118. The second-order valence-corrected chi connectivity index (χ2v) is 8.52. The fraction of sp³-hybridized carbons (Fsp3) is 0.211. The minimum absolute atomic E-state index is 0.0228. The number of nitrogens with one attached hydrogen (secondary N) is 2. The van der Waals surface area contributed by atoms with Crippen LogP contribution in [0.15, 0.2) is 52.9 Å². The Hall–Kier alpha value is -2.09. The first-order valence-corrected chi connectivity index (χ1v) is 10.6. The number of carbonyl (C=O) groups excluding carboxylic acids is 1. The Bertz CT molecular complexity index is 916. The molecule has 2 aromatic carbocycles. The lowest BCUT2D eigenvalue weighted by atomic mass is 10.1. The maximum atomic E-state index is 12.0. The fourth-order valence-corrected chi connectivity index (χ4v) is 4.20. The normalized spacial score (nSPS) is 10.6. The average Bonchev–Trinajstić information content (AvgIpc) is 3.07. The topological polar surface area (TPSA) is 66.9 Å². The average molecular weight is 419 g/mol. The Morgan fingerprint density at radius 2 is 2.04 bits per heavy atom. The smallest absolute Gasteiger partial charge is 0.230 e. The van der Waals surface area contributed by atoms with Crippen LogP contribution < -0.4 is 10.6 Å². The molecule has 0 bridgehead atoms. The standard InChI is InChI=1S/C19H19ClN4OS2/c1-13-4-2-7-16(10-13)22-18-23-24-19(27-18)26-12-17(25)21-9-8-14-5-3-6-15(20)11-14/h2-7,10-11H,8-9,12H2,1H3,(H,21,25)(H,22,23). The lowest BCUT2D eigenvalue weighted by Crippen LogP contribution is -2.27. The van der Waals surface area contributed by atoms with E-state index in [0.29, 0.717) is 22.5 Å². The van der Waals surface area contributed by atoms with Crippen molar-refractivity contribution in [3.63, 3.8) is 0 Å². The van der Waals surface area contributed by atoms with E-state index < -0.39 is 0 Å². The van der Waals surface area contributed by atoms with Gasteiger partial charge in [0.05, 0.1) is 5.75 Å². The molecule has 140 valence electrons. The molecular weight excluding hydrogens is 400 g/mol. The van der Waals surface area contributed by atoms with Gasteiger partial charge in [-0.15, -0.1) is 10.2 Å². The summed E-state index contributed by atoms with van der Waals surface area (Å²) in [7, 11) is 0. The van der Waals surface area contributed by atoms with Gasteiger partial charge in [-0.2, -0.15) is 0 Å². The van der Waals surface area contributed by atoms with Crippen LogP contribution in [0.3, 0.4) is 0 Å². The van der Waals surface area contributed by atoms with E-state index >= 15 is 0 Å². The van der Waals surface area contributed by atoms with Gasteiger partial charge in [0.2, 0.25) is 11.0 Å². The van der Waals surface area contributed by atoms with Gasteiger partial charge in [-0.3, -0.25) is 4.79 Å².